The number of hydrazone groups is 2. The van der Waals surface area contributed by atoms with Crippen LogP contribution in [0.1, 0.15) is 27.7 Å². The first kappa shape index (κ1) is 19.3. The molecular weight excluding hydrogens is 338 g/mol. The fourth-order valence-corrected chi connectivity index (χ4v) is 2.70. The van der Waals surface area contributed by atoms with Crippen LogP contribution in [0.4, 0.5) is 5.69 Å². The molecule has 1 aromatic rings. The lowest BCUT2D eigenvalue weighted by Crippen LogP contribution is -2.57. The second kappa shape index (κ2) is 7.90. The Hall–Kier alpha value is -3.03. The van der Waals surface area contributed by atoms with E-state index in [1.165, 1.54) is 19.0 Å². The number of hydrogen-bond acceptors (Lipinski definition) is 8. The zero-order valence-electron chi connectivity index (χ0n) is 15.2. The molecule has 8 nitrogen and oxygen atoms in total. The molecule has 0 saturated heterocycles. The van der Waals surface area contributed by atoms with Gasteiger partial charge in [0.2, 0.25) is 5.41 Å². The van der Waals surface area contributed by atoms with Crippen LogP contribution < -0.4 is 5.12 Å². The SMILES string of the molecule is CCOC(=O)C(=O)C1(C(=O)OCC)C(C)=NN(c2ccccc2)N=C1C. The Bertz CT molecular complexity index is 750. The smallest absolute Gasteiger partial charge is 0.376 e. The summed E-state index contributed by atoms with van der Waals surface area (Å²) in [6, 6.07) is 9.01. The van der Waals surface area contributed by atoms with Gasteiger partial charge < -0.3 is 9.47 Å². The van der Waals surface area contributed by atoms with Crippen molar-refractivity contribution in [2.24, 2.45) is 15.6 Å². The predicted octanol–water partition coefficient (Wildman–Crippen LogP) is 1.94. The van der Waals surface area contributed by atoms with E-state index >= 15 is 0 Å². The Morgan fingerprint density at radius 2 is 1.50 bits per heavy atom. The lowest BCUT2D eigenvalue weighted by atomic mass is 9.74. The molecule has 8 heteroatoms. The highest BCUT2D eigenvalue weighted by atomic mass is 16.5. The number of rotatable bonds is 6. The van der Waals surface area contributed by atoms with Gasteiger partial charge >= 0.3 is 11.9 Å². The van der Waals surface area contributed by atoms with Gasteiger partial charge in [0.25, 0.3) is 5.78 Å². The quantitative estimate of drug-likeness (QED) is 0.437. The first-order chi connectivity index (χ1) is 12.4. The summed E-state index contributed by atoms with van der Waals surface area (Å²) in [5, 5.41) is 9.82. The highest BCUT2D eigenvalue weighted by Gasteiger charge is 2.58. The molecule has 0 bridgehead atoms. The molecule has 0 aliphatic carbocycles. The van der Waals surface area contributed by atoms with Crippen molar-refractivity contribution in [3.8, 4) is 0 Å². The third-order valence-corrected chi connectivity index (χ3v) is 3.95. The van der Waals surface area contributed by atoms with Crippen LogP contribution in [0.25, 0.3) is 0 Å². The molecule has 0 aromatic heterocycles. The number of ether oxygens (including phenoxy) is 2. The molecule has 0 fully saturated rings. The van der Waals surface area contributed by atoms with Crippen molar-refractivity contribution in [3.05, 3.63) is 30.3 Å². The molecule has 0 radical (unpaired) electrons. The van der Waals surface area contributed by atoms with E-state index in [0.717, 1.165) is 0 Å². The second-order valence-electron chi connectivity index (χ2n) is 5.52. The van der Waals surface area contributed by atoms with E-state index in [1.54, 1.807) is 26.0 Å². The largest absolute Gasteiger partial charge is 0.465 e. The van der Waals surface area contributed by atoms with E-state index < -0.39 is 23.1 Å². The van der Waals surface area contributed by atoms with Gasteiger partial charge in [0, 0.05) is 0 Å². The summed E-state index contributed by atoms with van der Waals surface area (Å²) >= 11 is 0. The van der Waals surface area contributed by atoms with Gasteiger partial charge in [0.05, 0.1) is 30.3 Å². The standard InChI is InChI=1S/C18H21N3O5/c1-5-25-16(23)15(22)18(17(24)26-6-2)12(3)19-21(20-13(18)4)14-10-8-7-9-11-14/h7-11H,5-6H2,1-4H3. The molecule has 138 valence electrons. The van der Waals surface area contributed by atoms with Crippen molar-refractivity contribution >= 4 is 34.8 Å². The minimum absolute atomic E-state index is 0.00595. The Balaban J connectivity index is 2.55. The highest BCUT2D eigenvalue weighted by molar-refractivity contribution is 6.54. The topological polar surface area (TPSA) is 97.6 Å². The van der Waals surface area contributed by atoms with Gasteiger partial charge in [-0.05, 0) is 39.8 Å². The molecule has 26 heavy (non-hydrogen) atoms. The first-order valence-corrected chi connectivity index (χ1v) is 8.24. The molecule has 0 amide bonds. The van der Waals surface area contributed by atoms with Crippen LogP contribution in [0.15, 0.2) is 40.5 Å². The Labute approximate surface area is 151 Å². The van der Waals surface area contributed by atoms with Crippen LogP contribution in [-0.4, -0.2) is 42.4 Å². The van der Waals surface area contributed by atoms with Crippen LogP contribution >= 0.6 is 0 Å². The number of para-hydroxylation sites is 1. The summed E-state index contributed by atoms with van der Waals surface area (Å²) in [5.41, 5.74) is -1.20. The summed E-state index contributed by atoms with van der Waals surface area (Å²) in [6.07, 6.45) is 0. The number of ketones is 1. The number of Topliss-reactive ketones (excluding diaryl/α,β-unsaturated/α-hetero) is 1. The van der Waals surface area contributed by atoms with Crippen LogP contribution in [0, 0.1) is 5.41 Å². The molecule has 1 heterocycles. The van der Waals surface area contributed by atoms with Gasteiger partial charge in [-0.25, -0.2) is 4.79 Å². The Kier molecular flexibility index (Phi) is 5.86. The third-order valence-electron chi connectivity index (χ3n) is 3.95. The van der Waals surface area contributed by atoms with E-state index in [-0.39, 0.29) is 24.6 Å². The van der Waals surface area contributed by atoms with Gasteiger partial charge in [-0.15, -0.1) is 0 Å². The molecule has 0 spiro atoms. The summed E-state index contributed by atoms with van der Waals surface area (Å²) < 4.78 is 9.87. The summed E-state index contributed by atoms with van der Waals surface area (Å²) in [7, 11) is 0. The van der Waals surface area contributed by atoms with E-state index in [2.05, 4.69) is 10.2 Å². The molecule has 1 aromatic carbocycles. The molecule has 2 rings (SSSR count). The average molecular weight is 359 g/mol. The minimum atomic E-state index is -2.02. The van der Waals surface area contributed by atoms with Crippen molar-refractivity contribution in [2.75, 3.05) is 18.3 Å². The Morgan fingerprint density at radius 1 is 0.962 bits per heavy atom. The fraction of sp³-hybridized carbons (Fsp3) is 0.389. The van der Waals surface area contributed by atoms with Crippen LogP contribution in [0.3, 0.4) is 0 Å². The van der Waals surface area contributed by atoms with Gasteiger partial charge in [-0.1, -0.05) is 18.2 Å². The van der Waals surface area contributed by atoms with Crippen molar-refractivity contribution in [2.45, 2.75) is 27.7 Å². The molecule has 0 unspecified atom stereocenters. The lowest BCUT2D eigenvalue weighted by Gasteiger charge is -2.33. The van der Waals surface area contributed by atoms with Gasteiger partial charge in [0.1, 0.15) is 0 Å². The zero-order valence-corrected chi connectivity index (χ0v) is 15.2. The monoisotopic (exact) mass is 359 g/mol. The number of carbonyl (C=O) groups is 3. The molecule has 0 saturated carbocycles. The minimum Gasteiger partial charge on any atom is -0.465 e. The first-order valence-electron chi connectivity index (χ1n) is 8.24. The second-order valence-corrected chi connectivity index (χ2v) is 5.52. The van der Waals surface area contributed by atoms with Gasteiger partial charge in [-0.2, -0.15) is 15.3 Å². The third kappa shape index (κ3) is 3.22. The lowest BCUT2D eigenvalue weighted by molar-refractivity contribution is -0.162. The average Bonchev–Trinajstić information content (AvgIpc) is 2.62. The summed E-state index contributed by atoms with van der Waals surface area (Å²) in [4.78, 5) is 37.6. The number of nitrogens with zero attached hydrogens (tertiary/aromatic N) is 3. The molecule has 1 aliphatic rings. The number of carbonyl (C=O) groups excluding carboxylic acids is 3. The highest BCUT2D eigenvalue weighted by Crippen LogP contribution is 2.32. The fourth-order valence-electron chi connectivity index (χ4n) is 2.70. The van der Waals surface area contributed by atoms with Gasteiger partial charge in [0.15, 0.2) is 0 Å². The number of benzene rings is 1. The Morgan fingerprint density at radius 3 is 2.00 bits per heavy atom. The number of hydrogen-bond donors (Lipinski definition) is 0. The molecular formula is C18H21N3O5. The van der Waals surface area contributed by atoms with Gasteiger partial charge in [-0.3, -0.25) is 9.59 Å². The number of anilines is 1. The van der Waals surface area contributed by atoms with Crippen LogP contribution in [0.2, 0.25) is 0 Å². The normalized spacial score (nSPS) is 15.6. The molecule has 0 atom stereocenters. The predicted molar refractivity (Wildman–Crippen MR) is 95.8 cm³/mol. The number of esters is 2. The van der Waals surface area contributed by atoms with Crippen LogP contribution in [-0.2, 0) is 23.9 Å². The van der Waals surface area contributed by atoms with Crippen molar-refractivity contribution in [1.82, 2.24) is 0 Å². The van der Waals surface area contributed by atoms with Crippen molar-refractivity contribution in [3.63, 3.8) is 0 Å². The molecule has 0 N–H and O–H groups in total. The van der Waals surface area contributed by atoms with E-state index in [4.69, 9.17) is 9.47 Å². The summed E-state index contributed by atoms with van der Waals surface area (Å²) in [5.74, 6) is -3.08. The van der Waals surface area contributed by atoms with Crippen molar-refractivity contribution < 1.29 is 23.9 Å². The van der Waals surface area contributed by atoms with Crippen LogP contribution in [0.5, 0.6) is 0 Å². The van der Waals surface area contributed by atoms with E-state index in [0.29, 0.717) is 5.69 Å². The molecule has 1 aliphatic heterocycles. The maximum absolute atomic E-state index is 12.8. The van der Waals surface area contributed by atoms with E-state index in [9.17, 15) is 14.4 Å². The zero-order chi connectivity index (χ0) is 19.3. The van der Waals surface area contributed by atoms with Crippen molar-refractivity contribution in [1.29, 1.82) is 0 Å². The van der Waals surface area contributed by atoms with E-state index in [1.807, 2.05) is 18.2 Å². The summed E-state index contributed by atoms with van der Waals surface area (Å²) in [6.45, 7) is 6.20. The maximum Gasteiger partial charge on any atom is 0.376 e. The maximum atomic E-state index is 12.8.